The number of hydrogen-bond acceptors (Lipinski definition) is 2. The molecule has 0 aliphatic carbocycles. The molecule has 0 N–H and O–H groups in total. The van der Waals surface area contributed by atoms with Gasteiger partial charge in [0.1, 0.15) is 0 Å². The number of halogens is 1. The van der Waals surface area contributed by atoms with E-state index in [1.807, 2.05) is 13.8 Å². The lowest BCUT2D eigenvalue weighted by atomic mass is 10.3. The fourth-order valence-electron chi connectivity index (χ4n) is 0.636. The van der Waals surface area contributed by atoms with Crippen LogP contribution < -0.4 is 0 Å². The number of nitrogens with zero attached hydrogens (tertiary/aromatic N) is 2. The van der Waals surface area contributed by atoms with Gasteiger partial charge >= 0.3 is 5.37 Å². The van der Waals surface area contributed by atoms with Crippen molar-refractivity contribution in [2.75, 3.05) is 0 Å². The van der Waals surface area contributed by atoms with Gasteiger partial charge in [-0.25, -0.2) is 0 Å². The molecule has 0 saturated carbocycles. The SMILES string of the molecule is Cc1cn(C(=O)Cl)nc1C. The Balaban J connectivity index is 3.10. The van der Waals surface area contributed by atoms with Crippen LogP contribution >= 0.6 is 11.6 Å². The molecule has 10 heavy (non-hydrogen) atoms. The fraction of sp³-hybridized carbons (Fsp3) is 0.333. The highest BCUT2D eigenvalue weighted by Gasteiger charge is 2.03. The van der Waals surface area contributed by atoms with E-state index in [0.717, 1.165) is 15.9 Å². The molecule has 0 amide bonds. The second-order valence-corrected chi connectivity index (χ2v) is 2.42. The zero-order chi connectivity index (χ0) is 7.72. The van der Waals surface area contributed by atoms with Crippen molar-refractivity contribution >= 4 is 17.0 Å². The van der Waals surface area contributed by atoms with Crippen LogP contribution in [0.4, 0.5) is 4.79 Å². The molecule has 0 atom stereocenters. The number of carbonyl (C=O) groups excluding carboxylic acids is 1. The second-order valence-electron chi connectivity index (χ2n) is 2.10. The van der Waals surface area contributed by atoms with Gasteiger partial charge in [0.15, 0.2) is 0 Å². The van der Waals surface area contributed by atoms with E-state index in [-0.39, 0.29) is 0 Å². The van der Waals surface area contributed by atoms with Gasteiger partial charge in [0.05, 0.1) is 5.69 Å². The molecule has 0 aromatic carbocycles. The molecule has 0 unspecified atom stereocenters. The third kappa shape index (κ3) is 1.19. The molecule has 3 nitrogen and oxygen atoms in total. The summed E-state index contributed by atoms with van der Waals surface area (Å²) in [5.41, 5.74) is 1.79. The van der Waals surface area contributed by atoms with Crippen molar-refractivity contribution < 1.29 is 4.79 Å². The summed E-state index contributed by atoms with van der Waals surface area (Å²) in [6.07, 6.45) is 1.60. The van der Waals surface area contributed by atoms with Crippen LogP contribution in [-0.2, 0) is 0 Å². The molecule has 0 aliphatic heterocycles. The Morgan fingerprint density at radius 2 is 2.30 bits per heavy atom. The lowest BCUT2D eigenvalue weighted by Crippen LogP contribution is -2.01. The predicted octanol–water partition coefficient (Wildman–Crippen LogP) is 1.71. The summed E-state index contributed by atoms with van der Waals surface area (Å²) < 4.78 is 1.12. The predicted molar refractivity (Wildman–Crippen MR) is 38.3 cm³/mol. The summed E-state index contributed by atoms with van der Waals surface area (Å²) in [7, 11) is 0. The van der Waals surface area contributed by atoms with Gasteiger partial charge in [-0.15, -0.1) is 0 Å². The number of hydrogen-bond donors (Lipinski definition) is 0. The third-order valence-corrected chi connectivity index (χ3v) is 1.50. The van der Waals surface area contributed by atoms with Crippen LogP contribution in [0.5, 0.6) is 0 Å². The molecule has 1 heterocycles. The first kappa shape index (κ1) is 7.28. The zero-order valence-electron chi connectivity index (χ0n) is 5.76. The molecule has 54 valence electrons. The summed E-state index contributed by atoms with van der Waals surface area (Å²) in [5, 5.41) is 3.27. The van der Waals surface area contributed by atoms with Crippen LogP contribution in [0.2, 0.25) is 0 Å². The maximum absolute atomic E-state index is 10.5. The van der Waals surface area contributed by atoms with Crippen LogP contribution in [0, 0.1) is 13.8 Å². The first-order chi connectivity index (χ1) is 4.61. The van der Waals surface area contributed by atoms with Crippen molar-refractivity contribution in [3.05, 3.63) is 17.5 Å². The Labute approximate surface area is 63.6 Å². The van der Waals surface area contributed by atoms with Crippen molar-refractivity contribution in [3.8, 4) is 0 Å². The minimum Gasteiger partial charge on any atom is -0.253 e. The number of aryl methyl sites for hydroxylation is 2. The fourth-order valence-corrected chi connectivity index (χ4v) is 0.723. The highest BCUT2D eigenvalue weighted by molar-refractivity contribution is 6.63. The van der Waals surface area contributed by atoms with Gasteiger partial charge in [-0.1, -0.05) is 0 Å². The Morgan fingerprint density at radius 1 is 1.70 bits per heavy atom. The summed E-state index contributed by atoms with van der Waals surface area (Å²) in [5.74, 6) is 0. The lowest BCUT2D eigenvalue weighted by molar-refractivity contribution is 0.258. The Kier molecular flexibility index (Phi) is 1.76. The van der Waals surface area contributed by atoms with Crippen LogP contribution in [0.15, 0.2) is 6.20 Å². The average molecular weight is 159 g/mol. The first-order valence-corrected chi connectivity index (χ1v) is 3.22. The van der Waals surface area contributed by atoms with Gasteiger partial charge in [0.2, 0.25) is 0 Å². The van der Waals surface area contributed by atoms with Crippen LogP contribution in [-0.4, -0.2) is 15.1 Å². The maximum atomic E-state index is 10.5. The smallest absolute Gasteiger partial charge is 0.253 e. The Hall–Kier alpha value is -0.830. The van der Waals surface area contributed by atoms with Gasteiger partial charge in [0.25, 0.3) is 0 Å². The highest BCUT2D eigenvalue weighted by Crippen LogP contribution is 2.03. The lowest BCUT2D eigenvalue weighted by Gasteiger charge is -1.85. The average Bonchev–Trinajstić information content (AvgIpc) is 2.13. The largest absolute Gasteiger partial charge is 0.340 e. The molecule has 0 bridgehead atoms. The van der Waals surface area contributed by atoms with Crippen molar-refractivity contribution in [1.82, 2.24) is 9.78 Å². The molecule has 0 spiro atoms. The highest BCUT2D eigenvalue weighted by atomic mass is 35.5. The minimum atomic E-state index is -0.573. The molecular weight excluding hydrogens is 152 g/mol. The van der Waals surface area contributed by atoms with Crippen molar-refractivity contribution in [3.63, 3.8) is 0 Å². The summed E-state index contributed by atoms with van der Waals surface area (Å²) >= 11 is 5.15. The van der Waals surface area contributed by atoms with Crippen molar-refractivity contribution in [2.45, 2.75) is 13.8 Å². The van der Waals surface area contributed by atoms with Gasteiger partial charge in [-0.3, -0.25) is 4.79 Å². The molecule has 0 aliphatic rings. The van der Waals surface area contributed by atoms with Gasteiger partial charge in [0, 0.05) is 6.20 Å². The van der Waals surface area contributed by atoms with Gasteiger partial charge in [-0.2, -0.15) is 9.78 Å². The first-order valence-electron chi connectivity index (χ1n) is 2.84. The maximum Gasteiger partial charge on any atom is 0.340 e. The molecule has 1 aromatic heterocycles. The van der Waals surface area contributed by atoms with E-state index in [1.54, 1.807) is 6.20 Å². The second kappa shape index (κ2) is 2.42. The molecule has 4 heteroatoms. The summed E-state index contributed by atoms with van der Waals surface area (Å²) in [4.78, 5) is 10.5. The molecule has 1 rings (SSSR count). The molecule has 1 aromatic rings. The quantitative estimate of drug-likeness (QED) is 0.539. The minimum absolute atomic E-state index is 0.573. The van der Waals surface area contributed by atoms with Crippen molar-refractivity contribution in [1.29, 1.82) is 0 Å². The topological polar surface area (TPSA) is 34.9 Å². The molecule has 0 radical (unpaired) electrons. The normalized spacial score (nSPS) is 9.90. The standard InChI is InChI=1S/C6H7ClN2O/c1-4-3-9(6(7)10)8-5(4)2/h3H,1-2H3. The van der Waals surface area contributed by atoms with Gasteiger partial charge in [-0.05, 0) is 31.0 Å². The number of carbonyl (C=O) groups is 1. The third-order valence-electron chi connectivity index (χ3n) is 1.32. The van der Waals surface area contributed by atoms with Crippen LogP contribution in [0.25, 0.3) is 0 Å². The Morgan fingerprint density at radius 3 is 2.50 bits per heavy atom. The number of rotatable bonds is 0. The van der Waals surface area contributed by atoms with E-state index >= 15 is 0 Å². The summed E-state index contributed by atoms with van der Waals surface area (Å²) in [6.45, 7) is 3.70. The molecule has 0 fully saturated rings. The van der Waals surface area contributed by atoms with Gasteiger partial charge < -0.3 is 0 Å². The van der Waals surface area contributed by atoms with E-state index in [1.165, 1.54) is 0 Å². The summed E-state index contributed by atoms with van der Waals surface area (Å²) in [6, 6.07) is 0. The van der Waals surface area contributed by atoms with E-state index in [0.29, 0.717) is 0 Å². The van der Waals surface area contributed by atoms with Crippen molar-refractivity contribution in [2.24, 2.45) is 0 Å². The molecule has 0 saturated heterocycles. The Bertz CT molecular complexity index is 247. The van der Waals surface area contributed by atoms with E-state index in [4.69, 9.17) is 11.6 Å². The van der Waals surface area contributed by atoms with E-state index in [2.05, 4.69) is 5.10 Å². The molecular formula is C6H7ClN2O. The number of aromatic nitrogens is 2. The van der Waals surface area contributed by atoms with Crippen LogP contribution in [0.3, 0.4) is 0 Å². The van der Waals surface area contributed by atoms with E-state index < -0.39 is 5.37 Å². The van der Waals surface area contributed by atoms with Crippen LogP contribution in [0.1, 0.15) is 11.3 Å². The monoisotopic (exact) mass is 158 g/mol. The zero-order valence-corrected chi connectivity index (χ0v) is 6.51. The van der Waals surface area contributed by atoms with E-state index in [9.17, 15) is 4.79 Å².